The largest absolute Gasteiger partial charge is 0.481 e. The Morgan fingerprint density at radius 3 is 2.30 bits per heavy atom. The van der Waals surface area contributed by atoms with E-state index in [0.29, 0.717) is 31.4 Å². The van der Waals surface area contributed by atoms with E-state index < -0.39 is 0 Å². The van der Waals surface area contributed by atoms with E-state index in [9.17, 15) is 4.79 Å². The fourth-order valence-electron chi connectivity index (χ4n) is 1.51. The van der Waals surface area contributed by atoms with Gasteiger partial charge in [-0.1, -0.05) is 0 Å². The van der Waals surface area contributed by atoms with Crippen molar-refractivity contribution in [3.63, 3.8) is 0 Å². The van der Waals surface area contributed by atoms with Crippen molar-refractivity contribution in [2.45, 2.75) is 6.54 Å². The monoisotopic (exact) mass is 283 g/mol. The fraction of sp³-hybridized carbons (Fsp3) is 0.583. The highest BCUT2D eigenvalue weighted by Crippen LogP contribution is 2.22. The Morgan fingerprint density at radius 2 is 1.80 bits per heavy atom. The SMILES string of the molecule is COc1ncnc(OC)c1CNCCNC(=O)N(C)C. The van der Waals surface area contributed by atoms with Crippen LogP contribution in [0.5, 0.6) is 11.8 Å². The molecule has 0 bridgehead atoms. The number of nitrogens with one attached hydrogen (secondary N) is 2. The number of ether oxygens (including phenoxy) is 2. The van der Waals surface area contributed by atoms with Crippen LogP contribution in [0.2, 0.25) is 0 Å². The number of amides is 2. The van der Waals surface area contributed by atoms with Gasteiger partial charge in [0.2, 0.25) is 11.8 Å². The van der Waals surface area contributed by atoms with E-state index in [2.05, 4.69) is 20.6 Å². The summed E-state index contributed by atoms with van der Waals surface area (Å²) >= 11 is 0. The number of urea groups is 1. The molecule has 0 radical (unpaired) electrons. The number of nitrogens with zero attached hydrogens (tertiary/aromatic N) is 3. The van der Waals surface area contributed by atoms with Crippen LogP contribution in [0.15, 0.2) is 6.33 Å². The minimum atomic E-state index is -0.120. The molecule has 2 amide bonds. The van der Waals surface area contributed by atoms with Crippen LogP contribution in [0.1, 0.15) is 5.56 Å². The molecule has 1 aromatic rings. The smallest absolute Gasteiger partial charge is 0.316 e. The first-order valence-corrected chi connectivity index (χ1v) is 6.17. The van der Waals surface area contributed by atoms with Crippen LogP contribution in [0.4, 0.5) is 4.79 Å². The minimum Gasteiger partial charge on any atom is -0.481 e. The molecule has 0 unspecified atom stereocenters. The topological polar surface area (TPSA) is 88.6 Å². The van der Waals surface area contributed by atoms with Gasteiger partial charge in [0.25, 0.3) is 0 Å². The molecule has 8 nitrogen and oxygen atoms in total. The molecule has 0 aliphatic rings. The summed E-state index contributed by atoms with van der Waals surface area (Å²) in [5, 5.41) is 5.93. The van der Waals surface area contributed by atoms with Gasteiger partial charge in [0.15, 0.2) is 0 Å². The Morgan fingerprint density at radius 1 is 1.20 bits per heavy atom. The lowest BCUT2D eigenvalue weighted by molar-refractivity contribution is 0.217. The van der Waals surface area contributed by atoms with E-state index in [-0.39, 0.29) is 6.03 Å². The lowest BCUT2D eigenvalue weighted by Gasteiger charge is -2.13. The van der Waals surface area contributed by atoms with Crippen LogP contribution in [-0.4, -0.2) is 62.3 Å². The molecular weight excluding hydrogens is 262 g/mol. The Bertz CT molecular complexity index is 417. The normalized spacial score (nSPS) is 10.0. The molecule has 0 saturated heterocycles. The fourth-order valence-corrected chi connectivity index (χ4v) is 1.51. The molecule has 0 aliphatic heterocycles. The van der Waals surface area contributed by atoms with Gasteiger partial charge in [0, 0.05) is 33.7 Å². The van der Waals surface area contributed by atoms with E-state index in [1.165, 1.54) is 11.2 Å². The highest BCUT2D eigenvalue weighted by molar-refractivity contribution is 5.73. The Labute approximate surface area is 118 Å². The first-order chi connectivity index (χ1) is 9.60. The summed E-state index contributed by atoms with van der Waals surface area (Å²) in [5.74, 6) is 0.948. The first kappa shape index (κ1) is 16.0. The lowest BCUT2D eigenvalue weighted by atomic mass is 10.3. The van der Waals surface area contributed by atoms with Crippen molar-refractivity contribution in [3.8, 4) is 11.8 Å². The summed E-state index contributed by atoms with van der Waals surface area (Å²) in [7, 11) is 6.48. The summed E-state index contributed by atoms with van der Waals surface area (Å²) in [6.07, 6.45) is 1.39. The van der Waals surface area contributed by atoms with Crippen LogP contribution >= 0.6 is 0 Å². The molecule has 0 spiro atoms. The molecule has 8 heteroatoms. The first-order valence-electron chi connectivity index (χ1n) is 6.17. The van der Waals surface area contributed by atoms with Crippen LogP contribution in [0.25, 0.3) is 0 Å². The average Bonchev–Trinajstić information content (AvgIpc) is 2.46. The van der Waals surface area contributed by atoms with Crippen LogP contribution < -0.4 is 20.1 Å². The molecule has 20 heavy (non-hydrogen) atoms. The summed E-state index contributed by atoms with van der Waals surface area (Å²) in [6.45, 7) is 1.63. The van der Waals surface area contributed by atoms with Gasteiger partial charge in [-0.25, -0.2) is 14.8 Å². The highest BCUT2D eigenvalue weighted by Gasteiger charge is 2.12. The van der Waals surface area contributed by atoms with E-state index >= 15 is 0 Å². The number of carbonyl (C=O) groups excluding carboxylic acids is 1. The van der Waals surface area contributed by atoms with Crippen molar-refractivity contribution >= 4 is 6.03 Å². The molecular formula is C12H21N5O3. The van der Waals surface area contributed by atoms with Crippen molar-refractivity contribution in [2.24, 2.45) is 0 Å². The van der Waals surface area contributed by atoms with Crippen LogP contribution in [-0.2, 0) is 6.54 Å². The summed E-state index contributed by atoms with van der Waals surface area (Å²) in [5.41, 5.74) is 0.747. The van der Waals surface area contributed by atoms with Crippen molar-refractivity contribution in [1.82, 2.24) is 25.5 Å². The van der Waals surface area contributed by atoms with Gasteiger partial charge in [-0.3, -0.25) is 0 Å². The standard InChI is InChI=1S/C12H21N5O3/c1-17(2)12(18)14-6-5-13-7-9-10(19-3)15-8-16-11(9)20-4/h8,13H,5-7H2,1-4H3,(H,14,18). The summed E-state index contributed by atoms with van der Waals surface area (Å²) < 4.78 is 10.3. The van der Waals surface area contributed by atoms with Gasteiger partial charge in [0.05, 0.1) is 19.8 Å². The number of methoxy groups -OCH3 is 2. The van der Waals surface area contributed by atoms with Crippen LogP contribution in [0, 0.1) is 0 Å². The second-order valence-electron chi connectivity index (χ2n) is 4.17. The molecule has 0 aliphatic carbocycles. The third-order valence-corrected chi connectivity index (χ3v) is 2.54. The third-order valence-electron chi connectivity index (χ3n) is 2.54. The molecule has 1 aromatic heterocycles. The van der Waals surface area contributed by atoms with Gasteiger partial charge in [-0.15, -0.1) is 0 Å². The van der Waals surface area contributed by atoms with Crippen LogP contribution in [0.3, 0.4) is 0 Å². The predicted octanol–water partition coefficient (Wildman–Crippen LogP) is -0.145. The number of aromatic nitrogens is 2. The maximum absolute atomic E-state index is 11.3. The number of carbonyl (C=O) groups is 1. The van der Waals surface area contributed by atoms with Gasteiger partial charge >= 0.3 is 6.03 Å². The number of hydrogen-bond acceptors (Lipinski definition) is 6. The van der Waals surface area contributed by atoms with E-state index in [1.807, 2.05) is 0 Å². The zero-order valence-corrected chi connectivity index (χ0v) is 12.3. The quantitative estimate of drug-likeness (QED) is 0.677. The van der Waals surface area contributed by atoms with Crippen molar-refractivity contribution in [3.05, 3.63) is 11.9 Å². The third kappa shape index (κ3) is 4.54. The van der Waals surface area contributed by atoms with Crippen molar-refractivity contribution in [2.75, 3.05) is 41.4 Å². The Kier molecular flexibility index (Phi) is 6.51. The lowest BCUT2D eigenvalue weighted by Crippen LogP contribution is -2.38. The minimum absolute atomic E-state index is 0.120. The van der Waals surface area contributed by atoms with E-state index in [4.69, 9.17) is 9.47 Å². The van der Waals surface area contributed by atoms with E-state index in [0.717, 1.165) is 5.56 Å². The van der Waals surface area contributed by atoms with Crippen molar-refractivity contribution < 1.29 is 14.3 Å². The molecule has 0 fully saturated rings. The molecule has 2 N–H and O–H groups in total. The zero-order valence-electron chi connectivity index (χ0n) is 12.3. The molecule has 0 atom stereocenters. The Hall–Kier alpha value is -2.09. The molecule has 0 saturated carbocycles. The maximum Gasteiger partial charge on any atom is 0.316 e. The number of rotatable bonds is 7. The molecule has 1 rings (SSSR count). The molecule has 1 heterocycles. The average molecular weight is 283 g/mol. The van der Waals surface area contributed by atoms with Gasteiger partial charge in [-0.05, 0) is 0 Å². The summed E-state index contributed by atoms with van der Waals surface area (Å²) in [4.78, 5) is 20.8. The second-order valence-corrected chi connectivity index (χ2v) is 4.17. The van der Waals surface area contributed by atoms with Crippen molar-refractivity contribution in [1.29, 1.82) is 0 Å². The number of hydrogen-bond donors (Lipinski definition) is 2. The predicted molar refractivity (Wildman–Crippen MR) is 73.9 cm³/mol. The van der Waals surface area contributed by atoms with Gasteiger partial charge in [-0.2, -0.15) is 0 Å². The maximum atomic E-state index is 11.3. The molecule has 112 valence electrons. The zero-order chi connectivity index (χ0) is 15.0. The van der Waals surface area contributed by atoms with Gasteiger partial charge in [0.1, 0.15) is 6.33 Å². The highest BCUT2D eigenvalue weighted by atomic mass is 16.5. The van der Waals surface area contributed by atoms with E-state index in [1.54, 1.807) is 28.3 Å². The van der Waals surface area contributed by atoms with Gasteiger partial charge < -0.3 is 25.0 Å². The Balaban J connectivity index is 2.44. The summed E-state index contributed by atoms with van der Waals surface area (Å²) in [6, 6.07) is -0.120. The molecule has 0 aromatic carbocycles. The second kappa shape index (κ2) is 8.16.